The van der Waals surface area contributed by atoms with Crippen LogP contribution in [0.4, 0.5) is 5.69 Å². The van der Waals surface area contributed by atoms with Gasteiger partial charge in [-0.25, -0.2) is 4.98 Å². The zero-order chi connectivity index (χ0) is 21.8. The van der Waals surface area contributed by atoms with E-state index in [0.717, 1.165) is 18.4 Å². The third kappa shape index (κ3) is 4.79. The van der Waals surface area contributed by atoms with Crippen molar-refractivity contribution >= 4 is 52.3 Å². The van der Waals surface area contributed by atoms with Crippen LogP contribution in [0.25, 0.3) is 23.1 Å². The number of nitro benzene ring substituents is 1. The number of esters is 2. The molecule has 0 bridgehead atoms. The van der Waals surface area contributed by atoms with Crippen LogP contribution in [0.15, 0.2) is 42.5 Å². The number of carbonyl (C=O) groups is 2. The van der Waals surface area contributed by atoms with Crippen LogP contribution in [0.1, 0.15) is 25.1 Å². The maximum Gasteiger partial charge on any atom is 0.313 e. The lowest BCUT2D eigenvalue weighted by atomic mass is 10.1. The van der Waals surface area contributed by atoms with Gasteiger partial charge in [0.15, 0.2) is 5.75 Å². The van der Waals surface area contributed by atoms with Crippen LogP contribution >= 0.6 is 11.6 Å². The second-order valence-electron chi connectivity index (χ2n) is 6.18. The smallest absolute Gasteiger partial charge is 0.313 e. The van der Waals surface area contributed by atoms with Crippen molar-refractivity contribution in [3.05, 3.63) is 68.9 Å². The summed E-state index contributed by atoms with van der Waals surface area (Å²) in [4.78, 5) is 37.9. The fourth-order valence-corrected chi connectivity index (χ4v) is 2.98. The Kier molecular flexibility index (Phi) is 6.08. The average Bonchev–Trinajstić information content (AvgIpc) is 2.67. The number of pyridine rings is 1. The summed E-state index contributed by atoms with van der Waals surface area (Å²) in [5.41, 5.74) is 0.770. The molecule has 30 heavy (non-hydrogen) atoms. The second kappa shape index (κ2) is 8.71. The number of benzene rings is 2. The zero-order valence-corrected chi connectivity index (χ0v) is 16.7. The van der Waals surface area contributed by atoms with Gasteiger partial charge in [-0.15, -0.1) is 0 Å². The van der Waals surface area contributed by atoms with Gasteiger partial charge in [-0.3, -0.25) is 19.7 Å². The molecule has 2 aromatic carbocycles. The van der Waals surface area contributed by atoms with E-state index in [1.165, 1.54) is 19.1 Å². The van der Waals surface area contributed by atoms with E-state index in [1.54, 1.807) is 30.3 Å². The lowest BCUT2D eigenvalue weighted by Gasteiger charge is -2.08. The molecule has 3 rings (SSSR count). The van der Waals surface area contributed by atoms with Crippen molar-refractivity contribution in [1.82, 2.24) is 4.98 Å². The molecule has 0 saturated heterocycles. The van der Waals surface area contributed by atoms with Crippen molar-refractivity contribution in [3.63, 3.8) is 0 Å². The first-order valence-corrected chi connectivity index (χ1v) is 9.05. The van der Waals surface area contributed by atoms with Crippen LogP contribution in [-0.4, -0.2) is 21.8 Å². The van der Waals surface area contributed by atoms with Crippen LogP contribution in [-0.2, 0) is 9.59 Å². The molecular formula is C21H15ClN2O6. The fraction of sp³-hybridized carbons (Fsp3) is 0.0952. The molecule has 0 N–H and O–H groups in total. The molecule has 0 unspecified atom stereocenters. The van der Waals surface area contributed by atoms with Crippen molar-refractivity contribution in [2.75, 3.05) is 0 Å². The minimum atomic E-state index is -0.704. The quantitative estimate of drug-likeness (QED) is 0.249. The number of rotatable bonds is 5. The number of para-hydroxylation sites is 1. The molecule has 0 radical (unpaired) electrons. The summed E-state index contributed by atoms with van der Waals surface area (Å²) in [6, 6.07) is 11.3. The molecule has 1 heterocycles. The molecule has 0 atom stereocenters. The van der Waals surface area contributed by atoms with Gasteiger partial charge in [0, 0.05) is 35.9 Å². The lowest BCUT2D eigenvalue weighted by Crippen LogP contribution is -2.05. The Morgan fingerprint density at radius 1 is 1.07 bits per heavy atom. The van der Waals surface area contributed by atoms with Crippen LogP contribution in [0, 0.1) is 10.1 Å². The maximum atomic E-state index is 11.4. The summed E-state index contributed by atoms with van der Waals surface area (Å²) in [6.07, 6.45) is 3.08. The monoisotopic (exact) mass is 426 g/mol. The first kappa shape index (κ1) is 20.9. The number of nitro groups is 1. The summed E-state index contributed by atoms with van der Waals surface area (Å²) in [7, 11) is 0. The van der Waals surface area contributed by atoms with Crippen LogP contribution in [0.5, 0.6) is 11.5 Å². The summed E-state index contributed by atoms with van der Waals surface area (Å²) in [5, 5.41) is 12.2. The zero-order valence-electron chi connectivity index (χ0n) is 15.9. The Bertz CT molecular complexity index is 1210. The highest BCUT2D eigenvalue weighted by atomic mass is 35.5. The molecule has 8 nitrogen and oxygen atoms in total. The number of fused-ring (bicyclic) bond motifs is 1. The van der Waals surface area contributed by atoms with Crippen molar-refractivity contribution in [2.24, 2.45) is 0 Å². The molecule has 0 fully saturated rings. The van der Waals surface area contributed by atoms with Gasteiger partial charge in [0.1, 0.15) is 5.52 Å². The SMILES string of the molecule is CC(=O)Oc1c(/C=C/c2ccc3cccc(OC(C)=O)c3n2)cc(Cl)cc1[N+](=O)[O-]. The standard InChI is InChI=1S/C21H15ClN2O6/c1-12(25)29-19-5-3-4-14-6-8-17(23-20(14)19)9-7-15-10-16(22)11-18(24(27)28)21(15)30-13(2)26/h3-11H,1-2H3/b9-7+. The van der Waals surface area contributed by atoms with Crippen LogP contribution in [0.2, 0.25) is 5.02 Å². The maximum absolute atomic E-state index is 11.4. The van der Waals surface area contributed by atoms with E-state index in [-0.39, 0.29) is 16.3 Å². The van der Waals surface area contributed by atoms with Gasteiger partial charge < -0.3 is 9.47 Å². The largest absolute Gasteiger partial charge is 0.424 e. The van der Waals surface area contributed by atoms with E-state index >= 15 is 0 Å². The van der Waals surface area contributed by atoms with Gasteiger partial charge in [0.05, 0.1) is 10.6 Å². The molecule has 1 aromatic heterocycles. The van der Waals surface area contributed by atoms with E-state index in [0.29, 0.717) is 17.0 Å². The highest BCUT2D eigenvalue weighted by Crippen LogP contribution is 2.36. The third-order valence-corrected chi connectivity index (χ3v) is 4.12. The fourth-order valence-electron chi connectivity index (χ4n) is 2.75. The van der Waals surface area contributed by atoms with E-state index in [4.69, 9.17) is 21.1 Å². The number of hydrogen-bond acceptors (Lipinski definition) is 7. The summed E-state index contributed by atoms with van der Waals surface area (Å²) in [6.45, 7) is 2.44. The van der Waals surface area contributed by atoms with Gasteiger partial charge in [-0.2, -0.15) is 0 Å². The van der Waals surface area contributed by atoms with Crippen molar-refractivity contribution in [3.8, 4) is 11.5 Å². The second-order valence-corrected chi connectivity index (χ2v) is 6.62. The van der Waals surface area contributed by atoms with E-state index in [9.17, 15) is 19.7 Å². The normalized spacial score (nSPS) is 10.9. The molecule has 0 aliphatic carbocycles. The predicted octanol–water partition coefficient (Wildman–Crippen LogP) is 4.82. The number of nitrogens with zero attached hydrogens (tertiary/aromatic N) is 2. The number of ether oxygens (including phenoxy) is 2. The Morgan fingerprint density at radius 2 is 1.80 bits per heavy atom. The van der Waals surface area contributed by atoms with Gasteiger partial charge >= 0.3 is 17.6 Å². The molecule has 3 aromatic rings. The molecular weight excluding hydrogens is 412 g/mol. The van der Waals surface area contributed by atoms with Gasteiger partial charge in [-0.05, 0) is 30.4 Å². The topological polar surface area (TPSA) is 109 Å². The summed E-state index contributed by atoms with van der Waals surface area (Å²) in [5.74, 6) is -1.07. The minimum Gasteiger partial charge on any atom is -0.424 e. The van der Waals surface area contributed by atoms with Gasteiger partial charge in [-0.1, -0.05) is 29.8 Å². The first-order valence-electron chi connectivity index (χ1n) is 8.67. The molecule has 0 aliphatic rings. The average molecular weight is 427 g/mol. The van der Waals surface area contributed by atoms with Crippen molar-refractivity contribution in [1.29, 1.82) is 0 Å². The Labute approximate surface area is 175 Å². The van der Waals surface area contributed by atoms with Crippen LogP contribution in [0.3, 0.4) is 0 Å². The van der Waals surface area contributed by atoms with E-state index in [1.807, 2.05) is 6.07 Å². The van der Waals surface area contributed by atoms with Gasteiger partial charge in [0.25, 0.3) is 0 Å². The predicted molar refractivity (Wildman–Crippen MR) is 111 cm³/mol. The third-order valence-electron chi connectivity index (χ3n) is 3.90. The van der Waals surface area contributed by atoms with E-state index < -0.39 is 22.5 Å². The van der Waals surface area contributed by atoms with Crippen LogP contribution < -0.4 is 9.47 Å². The van der Waals surface area contributed by atoms with Crippen molar-refractivity contribution < 1.29 is 24.0 Å². The van der Waals surface area contributed by atoms with Gasteiger partial charge in [0.2, 0.25) is 5.75 Å². The van der Waals surface area contributed by atoms with Crippen molar-refractivity contribution in [2.45, 2.75) is 13.8 Å². The first-order chi connectivity index (χ1) is 14.2. The number of aromatic nitrogens is 1. The molecule has 0 amide bonds. The number of hydrogen-bond donors (Lipinski definition) is 0. The number of carbonyl (C=O) groups excluding carboxylic acids is 2. The molecule has 0 saturated carbocycles. The Morgan fingerprint density at radius 3 is 2.47 bits per heavy atom. The molecule has 152 valence electrons. The number of halogens is 1. The molecule has 0 aliphatic heterocycles. The molecule has 9 heteroatoms. The highest BCUT2D eigenvalue weighted by Gasteiger charge is 2.21. The Balaban J connectivity index is 2.07. The lowest BCUT2D eigenvalue weighted by molar-refractivity contribution is -0.385. The Hall–Kier alpha value is -3.78. The van der Waals surface area contributed by atoms with E-state index in [2.05, 4.69) is 4.98 Å². The summed E-state index contributed by atoms with van der Waals surface area (Å²) >= 11 is 5.99. The highest BCUT2D eigenvalue weighted by molar-refractivity contribution is 6.31. The molecule has 0 spiro atoms. The summed E-state index contributed by atoms with van der Waals surface area (Å²) < 4.78 is 10.2. The minimum absolute atomic E-state index is 0.112.